The molecule has 16 heteroatoms. The zero-order chi connectivity index (χ0) is 32.1. The molecule has 0 radical (unpaired) electrons. The summed E-state index contributed by atoms with van der Waals surface area (Å²) in [5, 5.41) is 1.98. The van der Waals surface area contributed by atoms with Crippen molar-refractivity contribution in [3.8, 4) is 17.3 Å². The molecular formula is C29H29F8N7O. The monoisotopic (exact) mass is 643 g/mol. The smallest absolute Gasteiger partial charge is 0.418 e. The highest BCUT2D eigenvalue weighted by molar-refractivity contribution is 5.94. The van der Waals surface area contributed by atoms with Gasteiger partial charge in [0.15, 0.2) is 17.4 Å². The van der Waals surface area contributed by atoms with E-state index in [0.717, 1.165) is 25.5 Å². The number of nitrogens with one attached hydrogen (secondary N) is 1. The molecule has 3 N–H and O–H groups in total. The molecular weight excluding hydrogens is 614 g/mol. The number of aryl methyl sites for hydroxylation is 1. The Bertz CT molecular complexity index is 1690. The van der Waals surface area contributed by atoms with E-state index in [1.165, 1.54) is 4.90 Å². The summed E-state index contributed by atoms with van der Waals surface area (Å²) < 4.78 is 126. The van der Waals surface area contributed by atoms with Crippen molar-refractivity contribution in [2.45, 2.75) is 68.5 Å². The van der Waals surface area contributed by atoms with Crippen LogP contribution in [0.25, 0.3) is 22.2 Å². The Labute approximate surface area is 251 Å². The van der Waals surface area contributed by atoms with Crippen LogP contribution in [0.3, 0.4) is 0 Å². The molecule has 4 fully saturated rings. The number of alkyl halides is 6. The fraction of sp³-hybridized carbons (Fsp3) is 0.552. The minimum atomic E-state index is -5.05. The van der Waals surface area contributed by atoms with Gasteiger partial charge in [-0.15, -0.1) is 0 Å². The van der Waals surface area contributed by atoms with Crippen LogP contribution in [0, 0.1) is 18.6 Å². The van der Waals surface area contributed by atoms with Crippen molar-refractivity contribution < 1.29 is 39.9 Å². The molecule has 0 amide bonds. The van der Waals surface area contributed by atoms with Gasteiger partial charge in [-0.3, -0.25) is 4.90 Å². The van der Waals surface area contributed by atoms with Crippen molar-refractivity contribution in [3.63, 3.8) is 0 Å². The van der Waals surface area contributed by atoms with Crippen molar-refractivity contribution in [2.24, 2.45) is 0 Å². The zero-order valence-corrected chi connectivity index (χ0v) is 24.0. The van der Waals surface area contributed by atoms with E-state index in [1.807, 2.05) is 4.90 Å². The lowest BCUT2D eigenvalue weighted by atomic mass is 9.95. The highest BCUT2D eigenvalue weighted by Crippen LogP contribution is 2.46. The first-order valence-electron chi connectivity index (χ1n) is 14.6. The van der Waals surface area contributed by atoms with Crippen molar-refractivity contribution in [2.75, 3.05) is 43.4 Å². The first-order chi connectivity index (χ1) is 21.1. The second-order valence-electron chi connectivity index (χ2n) is 12.6. The van der Waals surface area contributed by atoms with Gasteiger partial charge in [-0.05, 0) is 44.0 Å². The van der Waals surface area contributed by atoms with Crippen LogP contribution < -0.4 is 20.7 Å². The number of nitrogens with two attached hydrogens (primary N) is 1. The predicted octanol–water partition coefficient (Wildman–Crippen LogP) is 5.37. The number of benzene rings is 1. The number of halogens is 8. The molecule has 4 aliphatic heterocycles. The number of pyridine rings is 1. The minimum absolute atomic E-state index is 0.0934. The molecule has 8 nitrogen and oxygen atoms in total. The van der Waals surface area contributed by atoms with Gasteiger partial charge in [-0.25, -0.2) is 32.3 Å². The number of nitrogens with zero attached hydrogens (tertiary/aromatic N) is 5. The highest BCUT2D eigenvalue weighted by atomic mass is 19.4. The van der Waals surface area contributed by atoms with Gasteiger partial charge in [-0.2, -0.15) is 23.1 Å². The highest BCUT2D eigenvalue weighted by Gasteiger charge is 2.55. The first kappa shape index (κ1) is 30.1. The van der Waals surface area contributed by atoms with Gasteiger partial charge in [0.2, 0.25) is 0 Å². The van der Waals surface area contributed by atoms with Crippen molar-refractivity contribution in [1.82, 2.24) is 25.2 Å². The third-order valence-electron chi connectivity index (χ3n) is 9.38. The molecule has 2 aromatic heterocycles. The SMILES string of the molecule is Cc1cc(N)nc(-c2c(F)cc3c(N4CC5(F)CCC(F)(C4)N5)nc(OC[C@@]45CCCN4C[C@H](F)C5)nc3c2F)c1C(F)(F)F. The van der Waals surface area contributed by atoms with Gasteiger partial charge < -0.3 is 15.4 Å². The van der Waals surface area contributed by atoms with Crippen molar-refractivity contribution in [1.29, 1.82) is 0 Å². The summed E-state index contributed by atoms with van der Waals surface area (Å²) in [5.41, 5.74) is 0.361. The second kappa shape index (κ2) is 9.98. The number of ether oxygens (including phenoxy) is 1. The maximum absolute atomic E-state index is 16.4. The molecule has 4 aliphatic rings. The minimum Gasteiger partial charge on any atom is -0.461 e. The quantitative estimate of drug-likeness (QED) is 0.284. The lowest BCUT2D eigenvalue weighted by Crippen LogP contribution is -2.62. The van der Waals surface area contributed by atoms with Gasteiger partial charge in [0.25, 0.3) is 0 Å². The molecule has 45 heavy (non-hydrogen) atoms. The molecule has 0 saturated carbocycles. The van der Waals surface area contributed by atoms with Crippen molar-refractivity contribution >= 4 is 22.5 Å². The Hall–Kier alpha value is -3.53. The molecule has 2 bridgehead atoms. The van der Waals surface area contributed by atoms with Gasteiger partial charge in [0.1, 0.15) is 35.7 Å². The largest absolute Gasteiger partial charge is 0.461 e. The maximum atomic E-state index is 16.4. The molecule has 0 spiro atoms. The molecule has 7 rings (SSSR count). The number of fused-ring (bicyclic) bond motifs is 4. The zero-order valence-electron chi connectivity index (χ0n) is 24.0. The molecule has 2 unspecified atom stereocenters. The van der Waals surface area contributed by atoms with Gasteiger partial charge in [-0.1, -0.05) is 0 Å². The lowest BCUT2D eigenvalue weighted by Gasteiger charge is -2.40. The van der Waals surface area contributed by atoms with Gasteiger partial charge in [0.05, 0.1) is 35.4 Å². The topological polar surface area (TPSA) is 92.4 Å². The van der Waals surface area contributed by atoms with Crippen LogP contribution in [-0.2, 0) is 6.18 Å². The maximum Gasteiger partial charge on any atom is 0.418 e. The van der Waals surface area contributed by atoms with E-state index in [-0.39, 0.29) is 43.6 Å². The molecule has 1 aromatic carbocycles. The summed E-state index contributed by atoms with van der Waals surface area (Å²) in [6, 6.07) is 1.19. The molecule has 242 valence electrons. The number of rotatable bonds is 5. The summed E-state index contributed by atoms with van der Waals surface area (Å²) in [7, 11) is 0. The third-order valence-corrected chi connectivity index (χ3v) is 9.38. The van der Waals surface area contributed by atoms with Crippen LogP contribution in [0.15, 0.2) is 12.1 Å². The normalized spacial score (nSPS) is 30.0. The van der Waals surface area contributed by atoms with E-state index in [1.54, 1.807) is 0 Å². The van der Waals surface area contributed by atoms with E-state index in [0.29, 0.717) is 13.0 Å². The van der Waals surface area contributed by atoms with Gasteiger partial charge in [0, 0.05) is 31.2 Å². The average molecular weight is 644 g/mol. The van der Waals surface area contributed by atoms with Crippen LogP contribution in [-0.4, -0.2) is 75.9 Å². The van der Waals surface area contributed by atoms with E-state index in [2.05, 4.69) is 20.3 Å². The summed E-state index contributed by atoms with van der Waals surface area (Å²) in [4.78, 5) is 15.2. The Morgan fingerprint density at radius 3 is 2.47 bits per heavy atom. The number of hydrogen-bond donors (Lipinski definition) is 2. The molecule has 4 saturated heterocycles. The number of hydrogen-bond acceptors (Lipinski definition) is 8. The Kier molecular flexibility index (Phi) is 6.69. The fourth-order valence-electron chi connectivity index (χ4n) is 7.54. The van der Waals surface area contributed by atoms with E-state index < -0.39 is 93.9 Å². The third kappa shape index (κ3) is 5.00. The van der Waals surface area contributed by atoms with E-state index >= 15 is 17.6 Å². The summed E-state index contributed by atoms with van der Waals surface area (Å²) >= 11 is 0. The predicted molar refractivity (Wildman–Crippen MR) is 148 cm³/mol. The first-order valence-corrected chi connectivity index (χ1v) is 14.6. The summed E-state index contributed by atoms with van der Waals surface area (Å²) in [6.07, 6.45) is -4.87. The molecule has 6 heterocycles. The Morgan fingerprint density at radius 1 is 1.07 bits per heavy atom. The fourth-order valence-corrected chi connectivity index (χ4v) is 7.54. The van der Waals surface area contributed by atoms with Crippen LogP contribution in [0.5, 0.6) is 6.01 Å². The molecule has 0 aliphatic carbocycles. The van der Waals surface area contributed by atoms with E-state index in [9.17, 15) is 17.6 Å². The van der Waals surface area contributed by atoms with Crippen LogP contribution >= 0.6 is 0 Å². The van der Waals surface area contributed by atoms with Gasteiger partial charge >= 0.3 is 12.2 Å². The molecule has 4 atom stereocenters. The summed E-state index contributed by atoms with van der Waals surface area (Å²) in [5.74, 6) is -7.97. The second-order valence-corrected chi connectivity index (χ2v) is 12.6. The van der Waals surface area contributed by atoms with E-state index in [4.69, 9.17) is 10.5 Å². The Morgan fingerprint density at radius 2 is 1.78 bits per heavy atom. The standard InChI is InChI=1S/C29H29F8N7O/c1-14-7-18(38)39-23(20(14)29(35,36)37)19-17(31)8-16-22(21(19)32)40-25(45-13-26-3-2-6-44(26)10-15(30)9-26)41-24(16)43-11-27(33)4-5-28(34,12-43)42-27/h7-8,15,42H,2-6,9-13H2,1H3,(H2,38,39)/t15-,26+,27?,28?/m1/s1. The Balaban J connectivity index is 1.40. The van der Waals surface area contributed by atoms with Crippen LogP contribution in [0.1, 0.15) is 43.2 Å². The number of aromatic nitrogens is 3. The van der Waals surface area contributed by atoms with Crippen LogP contribution in [0.2, 0.25) is 0 Å². The summed E-state index contributed by atoms with van der Waals surface area (Å²) in [6.45, 7) is 0.981. The number of nitrogen functional groups attached to an aromatic ring is 1. The average Bonchev–Trinajstić information content (AvgIpc) is 3.52. The van der Waals surface area contributed by atoms with Crippen molar-refractivity contribution in [3.05, 3.63) is 34.9 Å². The lowest BCUT2D eigenvalue weighted by molar-refractivity contribution is -0.137. The molecule has 3 aromatic rings. The number of anilines is 2. The number of piperazine rings is 1. The van der Waals surface area contributed by atoms with Crippen LogP contribution in [0.4, 0.5) is 46.8 Å².